The maximum absolute atomic E-state index is 12.8. The second kappa shape index (κ2) is 8.43. The zero-order valence-corrected chi connectivity index (χ0v) is 16.4. The lowest BCUT2D eigenvalue weighted by Gasteiger charge is -2.36. The molecule has 0 spiro atoms. The first kappa shape index (κ1) is 19.9. The second-order valence-electron chi connectivity index (χ2n) is 6.75. The van der Waals surface area contributed by atoms with E-state index in [4.69, 9.17) is 9.15 Å². The van der Waals surface area contributed by atoms with Crippen LogP contribution in [0.3, 0.4) is 0 Å². The van der Waals surface area contributed by atoms with E-state index in [2.05, 4.69) is 5.32 Å². The molecule has 2 amide bonds. The van der Waals surface area contributed by atoms with E-state index in [-0.39, 0.29) is 23.5 Å². The van der Waals surface area contributed by atoms with E-state index >= 15 is 0 Å². The van der Waals surface area contributed by atoms with Gasteiger partial charge >= 0.3 is 6.09 Å². The number of hydrogen-bond donors (Lipinski definition) is 1. The van der Waals surface area contributed by atoms with Crippen molar-refractivity contribution in [3.8, 4) is 0 Å². The van der Waals surface area contributed by atoms with Gasteiger partial charge < -0.3 is 19.4 Å². The van der Waals surface area contributed by atoms with Gasteiger partial charge in [0.1, 0.15) is 5.58 Å². The number of nitrogens with one attached hydrogen (secondary N) is 1. The van der Waals surface area contributed by atoms with Gasteiger partial charge in [-0.1, -0.05) is 12.1 Å². The number of carbonyl (C=O) groups is 3. The van der Waals surface area contributed by atoms with Crippen LogP contribution < -0.4 is 5.32 Å². The van der Waals surface area contributed by atoms with Crippen molar-refractivity contribution in [1.82, 2.24) is 9.80 Å². The Hall–Kier alpha value is -2.87. The highest BCUT2D eigenvalue weighted by Crippen LogP contribution is 2.31. The summed E-state index contributed by atoms with van der Waals surface area (Å²) in [5.74, 6) is -0.324. The molecular formula is C20H25N3O5. The highest BCUT2D eigenvalue weighted by Gasteiger charge is 2.29. The molecule has 1 unspecified atom stereocenters. The summed E-state index contributed by atoms with van der Waals surface area (Å²) in [5.41, 5.74) is 0.962. The number of nitrogens with zero attached hydrogens (tertiary/aromatic N) is 2. The van der Waals surface area contributed by atoms with Gasteiger partial charge in [-0.25, -0.2) is 4.79 Å². The number of rotatable bonds is 5. The number of carbonyl (C=O) groups excluding carboxylic acids is 3. The molecule has 28 heavy (non-hydrogen) atoms. The van der Waals surface area contributed by atoms with Crippen LogP contribution >= 0.6 is 0 Å². The molecule has 2 aromatic rings. The van der Waals surface area contributed by atoms with E-state index in [0.29, 0.717) is 49.4 Å². The Kier molecular flexibility index (Phi) is 5.99. The minimum absolute atomic E-state index is 0.147. The molecular weight excluding hydrogens is 362 g/mol. The molecule has 0 saturated carbocycles. The molecule has 1 aliphatic heterocycles. The van der Waals surface area contributed by atoms with Crippen LogP contribution in [0.2, 0.25) is 0 Å². The number of piperazine rings is 1. The van der Waals surface area contributed by atoms with Crippen LogP contribution in [-0.4, -0.2) is 66.4 Å². The predicted octanol–water partition coefficient (Wildman–Crippen LogP) is 2.74. The monoisotopic (exact) mass is 387 g/mol. The van der Waals surface area contributed by atoms with Crippen molar-refractivity contribution >= 4 is 34.4 Å². The lowest BCUT2D eigenvalue weighted by atomic mass is 10.1. The van der Waals surface area contributed by atoms with Crippen molar-refractivity contribution in [2.75, 3.05) is 38.1 Å². The van der Waals surface area contributed by atoms with Crippen molar-refractivity contribution in [2.45, 2.75) is 26.8 Å². The van der Waals surface area contributed by atoms with Gasteiger partial charge in [-0.3, -0.25) is 14.5 Å². The zero-order valence-electron chi connectivity index (χ0n) is 16.4. The maximum Gasteiger partial charge on any atom is 0.409 e. The SMILES string of the molecule is CCOC(=O)N1CCN(C(C)C(=O)Nc2c(C(C)=O)oc3ccccc23)CC1. The number of amides is 2. The van der Waals surface area contributed by atoms with Gasteiger partial charge in [0, 0.05) is 38.5 Å². The first-order valence-electron chi connectivity index (χ1n) is 9.41. The Morgan fingerprint density at radius 3 is 2.50 bits per heavy atom. The predicted molar refractivity (Wildman–Crippen MR) is 104 cm³/mol. The fraction of sp³-hybridized carbons (Fsp3) is 0.450. The number of para-hydroxylation sites is 1. The van der Waals surface area contributed by atoms with E-state index in [1.807, 2.05) is 30.0 Å². The highest BCUT2D eigenvalue weighted by molar-refractivity contribution is 6.11. The minimum atomic E-state index is -0.419. The summed E-state index contributed by atoms with van der Waals surface area (Å²) in [5, 5.41) is 3.56. The van der Waals surface area contributed by atoms with Gasteiger partial charge in [0.05, 0.1) is 18.3 Å². The normalized spacial score (nSPS) is 16.0. The molecule has 1 atom stereocenters. The van der Waals surface area contributed by atoms with Crippen molar-refractivity contribution in [3.63, 3.8) is 0 Å². The summed E-state index contributed by atoms with van der Waals surface area (Å²) in [7, 11) is 0. The maximum atomic E-state index is 12.8. The van der Waals surface area contributed by atoms with Crippen LogP contribution in [0.15, 0.2) is 28.7 Å². The molecule has 0 radical (unpaired) electrons. The fourth-order valence-electron chi connectivity index (χ4n) is 3.32. The Balaban J connectivity index is 1.69. The van der Waals surface area contributed by atoms with Crippen molar-refractivity contribution in [3.05, 3.63) is 30.0 Å². The number of ether oxygens (including phenoxy) is 1. The van der Waals surface area contributed by atoms with Gasteiger partial charge in [-0.05, 0) is 26.0 Å². The van der Waals surface area contributed by atoms with E-state index in [1.54, 1.807) is 17.9 Å². The average molecular weight is 387 g/mol. The molecule has 8 heteroatoms. The average Bonchev–Trinajstić information content (AvgIpc) is 3.06. The Morgan fingerprint density at radius 1 is 1.18 bits per heavy atom. The standard InChI is InChI=1S/C20H25N3O5/c1-4-27-20(26)23-11-9-22(10-12-23)13(2)19(25)21-17-15-7-5-6-8-16(15)28-18(17)14(3)24/h5-8,13H,4,9-12H2,1-3H3,(H,21,25). The molecule has 8 nitrogen and oxygen atoms in total. The molecule has 0 aliphatic carbocycles. The van der Waals surface area contributed by atoms with Gasteiger partial charge in [-0.15, -0.1) is 0 Å². The molecule has 1 aromatic heterocycles. The van der Waals surface area contributed by atoms with Crippen LogP contribution in [0, 0.1) is 0 Å². The van der Waals surface area contributed by atoms with Crippen molar-refractivity contribution < 1.29 is 23.5 Å². The fourth-order valence-corrected chi connectivity index (χ4v) is 3.32. The summed E-state index contributed by atoms with van der Waals surface area (Å²) in [4.78, 5) is 40.2. The lowest BCUT2D eigenvalue weighted by molar-refractivity contribution is -0.121. The van der Waals surface area contributed by atoms with Gasteiger partial charge in [-0.2, -0.15) is 0 Å². The number of furan rings is 1. The largest absolute Gasteiger partial charge is 0.451 e. The minimum Gasteiger partial charge on any atom is -0.451 e. The summed E-state index contributed by atoms with van der Waals surface area (Å²) >= 11 is 0. The third-order valence-corrected chi connectivity index (χ3v) is 4.93. The summed E-state index contributed by atoms with van der Waals surface area (Å²) in [6.07, 6.45) is -0.324. The quantitative estimate of drug-likeness (QED) is 0.793. The van der Waals surface area contributed by atoms with Crippen molar-refractivity contribution in [2.24, 2.45) is 0 Å². The molecule has 1 N–H and O–H groups in total. The topological polar surface area (TPSA) is 92.1 Å². The van der Waals surface area contributed by atoms with Crippen LogP contribution in [0.25, 0.3) is 11.0 Å². The van der Waals surface area contributed by atoms with Crippen LogP contribution in [0.1, 0.15) is 31.3 Å². The van der Waals surface area contributed by atoms with Crippen LogP contribution in [0.4, 0.5) is 10.5 Å². The Morgan fingerprint density at radius 2 is 1.86 bits per heavy atom. The van der Waals surface area contributed by atoms with E-state index in [9.17, 15) is 14.4 Å². The smallest absolute Gasteiger partial charge is 0.409 e. The third-order valence-electron chi connectivity index (χ3n) is 4.93. The molecule has 2 heterocycles. The van der Waals surface area contributed by atoms with Crippen LogP contribution in [-0.2, 0) is 9.53 Å². The molecule has 1 saturated heterocycles. The molecule has 1 aliphatic rings. The number of fused-ring (bicyclic) bond motifs is 1. The van der Waals surface area contributed by atoms with Crippen LogP contribution in [0.5, 0.6) is 0 Å². The van der Waals surface area contributed by atoms with Crippen molar-refractivity contribution in [1.29, 1.82) is 0 Å². The van der Waals surface area contributed by atoms with E-state index in [1.165, 1.54) is 6.92 Å². The summed E-state index contributed by atoms with van der Waals surface area (Å²) in [6, 6.07) is 6.79. The number of ketones is 1. The number of benzene rings is 1. The first-order chi connectivity index (χ1) is 13.4. The van der Waals surface area contributed by atoms with Gasteiger partial charge in [0.2, 0.25) is 5.91 Å². The number of anilines is 1. The molecule has 3 rings (SSSR count). The highest BCUT2D eigenvalue weighted by atomic mass is 16.6. The second-order valence-corrected chi connectivity index (χ2v) is 6.75. The lowest BCUT2D eigenvalue weighted by Crippen LogP contribution is -2.54. The number of Topliss-reactive ketones (excluding diaryl/α,β-unsaturated/α-hetero) is 1. The molecule has 0 bridgehead atoms. The zero-order chi connectivity index (χ0) is 20.3. The molecule has 150 valence electrons. The van der Waals surface area contributed by atoms with Gasteiger partial charge in [0.25, 0.3) is 0 Å². The molecule has 1 aromatic carbocycles. The van der Waals surface area contributed by atoms with E-state index in [0.717, 1.165) is 0 Å². The van der Waals surface area contributed by atoms with Gasteiger partial charge in [0.15, 0.2) is 11.5 Å². The first-order valence-corrected chi connectivity index (χ1v) is 9.41. The summed E-state index contributed by atoms with van der Waals surface area (Å²) in [6.45, 7) is 7.48. The summed E-state index contributed by atoms with van der Waals surface area (Å²) < 4.78 is 10.6. The number of hydrogen-bond acceptors (Lipinski definition) is 6. The Labute approximate surface area is 163 Å². The van der Waals surface area contributed by atoms with E-state index < -0.39 is 6.04 Å². The third kappa shape index (κ3) is 4.01. The Bertz CT molecular complexity index is 883. The molecule has 1 fully saturated rings.